The summed E-state index contributed by atoms with van der Waals surface area (Å²) in [5.74, 6) is 1.14. The number of halogens is 1. The largest absolute Gasteiger partial charge is 0.488 e. The van der Waals surface area contributed by atoms with Crippen LogP contribution < -0.4 is 10.1 Å². The Morgan fingerprint density at radius 3 is 2.86 bits per heavy atom. The van der Waals surface area contributed by atoms with Crippen molar-refractivity contribution >= 4 is 0 Å². The Balaban J connectivity index is 1.72. The quantitative estimate of drug-likeness (QED) is 0.848. The Hall–Kier alpha value is -1.13. The van der Waals surface area contributed by atoms with Gasteiger partial charge in [-0.2, -0.15) is 0 Å². The highest BCUT2D eigenvalue weighted by molar-refractivity contribution is 5.23. The van der Waals surface area contributed by atoms with Gasteiger partial charge in [-0.3, -0.25) is 0 Å². The number of rotatable bonds is 6. The molecule has 0 heterocycles. The van der Waals surface area contributed by atoms with Crippen molar-refractivity contribution in [3.05, 3.63) is 30.1 Å². The highest BCUT2D eigenvalue weighted by Gasteiger charge is 2.26. The Morgan fingerprint density at radius 2 is 2.10 bits per heavy atom. The fraction of sp³-hybridized carbons (Fsp3) is 0.647. The van der Waals surface area contributed by atoms with Crippen molar-refractivity contribution < 1.29 is 14.2 Å². The third-order valence-electron chi connectivity index (χ3n) is 4.59. The Morgan fingerprint density at radius 1 is 1.33 bits per heavy atom. The maximum absolute atomic E-state index is 13.4. The van der Waals surface area contributed by atoms with Gasteiger partial charge in [-0.1, -0.05) is 38.8 Å². The summed E-state index contributed by atoms with van der Waals surface area (Å²) in [6.45, 7) is 5.14. The predicted molar refractivity (Wildman–Crippen MR) is 81.9 cm³/mol. The highest BCUT2D eigenvalue weighted by Crippen LogP contribution is 2.29. The van der Waals surface area contributed by atoms with Crippen LogP contribution >= 0.6 is 0 Å². The lowest BCUT2D eigenvalue weighted by atomic mass is 9.78. The molecule has 0 saturated heterocycles. The van der Waals surface area contributed by atoms with Crippen molar-refractivity contribution in [2.45, 2.75) is 45.3 Å². The summed E-state index contributed by atoms with van der Waals surface area (Å²) < 4.78 is 18.7. The summed E-state index contributed by atoms with van der Waals surface area (Å²) >= 11 is 0. The van der Waals surface area contributed by atoms with Crippen LogP contribution in [-0.2, 0) is 0 Å². The Labute approximate surface area is 126 Å². The Bertz CT molecular complexity index is 441. The number of ether oxygens (including phenoxy) is 1. The smallest absolute Gasteiger partial charge is 0.165 e. The van der Waals surface area contributed by atoms with E-state index >= 15 is 0 Å². The van der Waals surface area contributed by atoms with E-state index in [-0.39, 0.29) is 12.4 Å². The first-order valence-electron chi connectivity index (χ1n) is 7.86. The molecule has 3 nitrogen and oxygen atoms in total. The zero-order valence-electron chi connectivity index (χ0n) is 12.9. The van der Waals surface area contributed by atoms with Gasteiger partial charge in [-0.05, 0) is 30.4 Å². The molecule has 1 aliphatic carbocycles. The van der Waals surface area contributed by atoms with E-state index in [9.17, 15) is 9.50 Å². The van der Waals surface area contributed by atoms with Crippen molar-refractivity contribution in [3.8, 4) is 5.75 Å². The molecule has 0 aliphatic heterocycles. The van der Waals surface area contributed by atoms with Gasteiger partial charge in [-0.25, -0.2) is 4.39 Å². The van der Waals surface area contributed by atoms with Crippen LogP contribution in [0.1, 0.15) is 33.1 Å². The molecule has 1 aliphatic rings. The molecule has 4 unspecified atom stereocenters. The first kappa shape index (κ1) is 16.2. The monoisotopic (exact) mass is 295 g/mol. The number of benzene rings is 1. The van der Waals surface area contributed by atoms with Crippen LogP contribution in [-0.4, -0.2) is 30.4 Å². The number of para-hydroxylation sites is 1. The normalized spacial score (nSPS) is 27.3. The van der Waals surface area contributed by atoms with Crippen molar-refractivity contribution in [1.82, 2.24) is 5.32 Å². The summed E-state index contributed by atoms with van der Waals surface area (Å²) in [6, 6.07) is 6.71. The van der Waals surface area contributed by atoms with Crippen LogP contribution in [0.2, 0.25) is 0 Å². The third kappa shape index (κ3) is 4.68. The molecule has 0 radical (unpaired) electrons. The van der Waals surface area contributed by atoms with Crippen LogP contribution in [0.3, 0.4) is 0 Å². The summed E-state index contributed by atoms with van der Waals surface area (Å²) in [7, 11) is 0. The van der Waals surface area contributed by atoms with Gasteiger partial charge in [0.05, 0.1) is 0 Å². The van der Waals surface area contributed by atoms with Gasteiger partial charge in [0.15, 0.2) is 11.6 Å². The second-order valence-corrected chi connectivity index (χ2v) is 6.18. The molecule has 1 saturated carbocycles. The zero-order valence-corrected chi connectivity index (χ0v) is 12.9. The maximum atomic E-state index is 13.4. The highest BCUT2D eigenvalue weighted by atomic mass is 19.1. The average Bonchev–Trinajstić information content (AvgIpc) is 2.48. The summed E-state index contributed by atoms with van der Waals surface area (Å²) in [6.07, 6.45) is 3.06. The van der Waals surface area contributed by atoms with Crippen LogP contribution in [0.25, 0.3) is 0 Å². The van der Waals surface area contributed by atoms with Crippen molar-refractivity contribution in [2.75, 3.05) is 13.2 Å². The molecular formula is C17H26FNO2. The van der Waals surface area contributed by atoms with E-state index in [2.05, 4.69) is 19.2 Å². The van der Waals surface area contributed by atoms with Crippen molar-refractivity contribution in [3.63, 3.8) is 0 Å². The molecule has 4 atom stereocenters. The van der Waals surface area contributed by atoms with Gasteiger partial charge in [-0.15, -0.1) is 0 Å². The number of hydrogen-bond acceptors (Lipinski definition) is 3. The second-order valence-electron chi connectivity index (χ2n) is 6.18. The Kier molecular flexibility index (Phi) is 6.00. The van der Waals surface area contributed by atoms with Crippen LogP contribution in [0, 0.1) is 17.7 Å². The van der Waals surface area contributed by atoms with Gasteiger partial charge < -0.3 is 15.2 Å². The molecular weight excluding hydrogens is 269 g/mol. The average molecular weight is 295 g/mol. The van der Waals surface area contributed by atoms with Crippen LogP contribution in [0.5, 0.6) is 5.75 Å². The second kappa shape index (κ2) is 7.76. The lowest BCUT2D eigenvalue weighted by Crippen LogP contribution is -2.44. The molecule has 0 spiro atoms. The fourth-order valence-corrected chi connectivity index (χ4v) is 2.96. The number of aliphatic hydroxyl groups is 1. The molecule has 1 fully saturated rings. The number of nitrogens with one attached hydrogen (secondary N) is 1. The van der Waals surface area contributed by atoms with E-state index in [0.29, 0.717) is 18.5 Å². The lowest BCUT2D eigenvalue weighted by molar-refractivity contribution is 0.0928. The van der Waals surface area contributed by atoms with E-state index < -0.39 is 11.9 Å². The van der Waals surface area contributed by atoms with E-state index in [1.807, 2.05) is 0 Å². The summed E-state index contributed by atoms with van der Waals surface area (Å²) in [5, 5.41) is 13.4. The molecule has 21 heavy (non-hydrogen) atoms. The van der Waals surface area contributed by atoms with Gasteiger partial charge in [0.1, 0.15) is 12.7 Å². The predicted octanol–water partition coefficient (Wildman–Crippen LogP) is 2.98. The van der Waals surface area contributed by atoms with E-state index in [0.717, 1.165) is 12.3 Å². The topological polar surface area (TPSA) is 41.5 Å². The van der Waals surface area contributed by atoms with E-state index in [1.54, 1.807) is 18.2 Å². The fourth-order valence-electron chi connectivity index (χ4n) is 2.96. The lowest BCUT2D eigenvalue weighted by Gasteiger charge is -2.35. The third-order valence-corrected chi connectivity index (χ3v) is 4.59. The van der Waals surface area contributed by atoms with Gasteiger partial charge in [0, 0.05) is 12.6 Å². The molecule has 0 bridgehead atoms. The number of hydrogen-bond donors (Lipinski definition) is 2. The minimum atomic E-state index is -0.631. The molecule has 1 aromatic rings. The molecule has 4 heteroatoms. The minimum absolute atomic E-state index is 0.102. The molecule has 0 amide bonds. The zero-order chi connectivity index (χ0) is 15.2. The van der Waals surface area contributed by atoms with E-state index in [1.165, 1.54) is 18.9 Å². The van der Waals surface area contributed by atoms with Crippen LogP contribution in [0.15, 0.2) is 24.3 Å². The first-order valence-corrected chi connectivity index (χ1v) is 7.86. The van der Waals surface area contributed by atoms with E-state index in [4.69, 9.17) is 4.74 Å². The first-order chi connectivity index (χ1) is 10.1. The molecule has 2 N–H and O–H groups in total. The molecule has 118 valence electrons. The van der Waals surface area contributed by atoms with Gasteiger partial charge >= 0.3 is 0 Å². The molecule has 2 rings (SSSR count). The molecule has 1 aromatic carbocycles. The number of aliphatic hydroxyl groups excluding tert-OH is 1. The van der Waals surface area contributed by atoms with Crippen LogP contribution in [0.4, 0.5) is 4.39 Å². The van der Waals surface area contributed by atoms with Crippen molar-refractivity contribution in [1.29, 1.82) is 0 Å². The molecule has 0 aromatic heterocycles. The minimum Gasteiger partial charge on any atom is -0.488 e. The van der Waals surface area contributed by atoms with Crippen molar-refractivity contribution in [2.24, 2.45) is 11.8 Å². The summed E-state index contributed by atoms with van der Waals surface area (Å²) in [5.41, 5.74) is 0. The van der Waals surface area contributed by atoms with Gasteiger partial charge in [0.25, 0.3) is 0 Å². The SMILES string of the molecule is CC1CCCC(NCC(O)COc2ccccc2F)C1C. The van der Waals surface area contributed by atoms with Gasteiger partial charge in [0.2, 0.25) is 0 Å². The standard InChI is InChI=1S/C17H26FNO2/c1-12-6-5-8-16(13(12)2)19-10-14(20)11-21-17-9-4-3-7-15(17)18/h3-4,7,9,12-14,16,19-20H,5-6,8,10-11H2,1-2H3. The summed E-state index contributed by atoms with van der Waals surface area (Å²) in [4.78, 5) is 0. The maximum Gasteiger partial charge on any atom is 0.165 e.